The third-order valence-electron chi connectivity index (χ3n) is 5.76. The molecule has 0 spiro atoms. The van der Waals surface area contributed by atoms with Crippen LogP contribution in [-0.2, 0) is 9.53 Å². The van der Waals surface area contributed by atoms with Crippen molar-refractivity contribution in [1.29, 1.82) is 0 Å². The number of thiazole rings is 1. The van der Waals surface area contributed by atoms with Crippen molar-refractivity contribution in [2.24, 2.45) is 4.99 Å². The number of carbonyl (C=O) groups is 1. The van der Waals surface area contributed by atoms with Gasteiger partial charge in [-0.1, -0.05) is 17.4 Å². The highest BCUT2D eigenvalue weighted by Gasteiger charge is 2.31. The number of methoxy groups -OCH3 is 3. The second kappa shape index (κ2) is 11.9. The van der Waals surface area contributed by atoms with Gasteiger partial charge in [-0.3, -0.25) is 9.36 Å². The minimum Gasteiger partial charge on any atom is -0.493 e. The minimum atomic E-state index is -0.770. The molecule has 0 saturated heterocycles. The maximum absolute atomic E-state index is 13.8. The van der Waals surface area contributed by atoms with Crippen LogP contribution in [-0.4, -0.2) is 45.1 Å². The smallest absolute Gasteiger partial charge is 0.337 e. The highest BCUT2D eigenvalue weighted by atomic mass is 79.9. The molecular weight excluding hydrogens is 576 g/mol. The average Bonchev–Trinajstić information content (AvgIpc) is 3.23. The van der Waals surface area contributed by atoms with E-state index in [9.17, 15) is 9.59 Å². The van der Waals surface area contributed by atoms with Gasteiger partial charge in [0.25, 0.3) is 5.56 Å². The fourth-order valence-electron chi connectivity index (χ4n) is 4.16. The molecule has 38 heavy (non-hydrogen) atoms. The van der Waals surface area contributed by atoms with Gasteiger partial charge in [-0.05, 0) is 71.2 Å². The fourth-order valence-corrected chi connectivity index (χ4v) is 5.75. The van der Waals surface area contributed by atoms with E-state index in [4.69, 9.17) is 23.7 Å². The van der Waals surface area contributed by atoms with E-state index in [1.54, 1.807) is 38.5 Å². The third kappa shape index (κ3) is 5.21. The van der Waals surface area contributed by atoms with E-state index in [0.29, 0.717) is 55.6 Å². The molecule has 3 aromatic rings. The molecule has 2 heterocycles. The Hall–Kier alpha value is -3.57. The van der Waals surface area contributed by atoms with Crippen LogP contribution in [0.25, 0.3) is 6.08 Å². The van der Waals surface area contributed by atoms with Crippen molar-refractivity contribution in [3.8, 4) is 23.0 Å². The summed E-state index contributed by atoms with van der Waals surface area (Å²) in [5.41, 5.74) is 1.31. The number of aromatic nitrogens is 1. The molecule has 4 rings (SSSR count). The Bertz CT molecular complexity index is 1580. The Morgan fingerprint density at radius 1 is 1.05 bits per heavy atom. The van der Waals surface area contributed by atoms with Crippen LogP contribution in [0.1, 0.15) is 31.0 Å². The molecule has 11 heteroatoms. The van der Waals surface area contributed by atoms with Crippen molar-refractivity contribution in [1.82, 2.24) is 4.57 Å². The van der Waals surface area contributed by atoms with Crippen LogP contribution in [0.15, 0.2) is 56.4 Å². The Kier molecular flexibility index (Phi) is 8.58. The SMILES string of the molecule is CCOc1ccc([C@H]2C(C(=O)OC)=CN=c3s/c(=C/c4cc(Br)c(OC)c(OC)c4)c(=O)n32)cc1OCC. The van der Waals surface area contributed by atoms with Gasteiger partial charge in [0.15, 0.2) is 27.8 Å². The van der Waals surface area contributed by atoms with E-state index in [1.807, 2.05) is 26.0 Å². The summed E-state index contributed by atoms with van der Waals surface area (Å²) in [6.07, 6.45) is 3.20. The number of rotatable bonds is 9. The van der Waals surface area contributed by atoms with E-state index in [-0.39, 0.29) is 11.1 Å². The first-order chi connectivity index (χ1) is 18.4. The summed E-state index contributed by atoms with van der Waals surface area (Å²) in [5, 5.41) is 0. The molecule has 0 N–H and O–H groups in total. The minimum absolute atomic E-state index is 0.229. The molecule has 1 aliphatic rings. The maximum Gasteiger partial charge on any atom is 0.337 e. The van der Waals surface area contributed by atoms with Gasteiger partial charge in [0.2, 0.25) is 0 Å². The summed E-state index contributed by atoms with van der Waals surface area (Å²) in [5.74, 6) is 1.58. The van der Waals surface area contributed by atoms with Crippen LogP contribution in [0.4, 0.5) is 0 Å². The van der Waals surface area contributed by atoms with E-state index >= 15 is 0 Å². The summed E-state index contributed by atoms with van der Waals surface area (Å²) in [6.45, 7) is 4.65. The highest BCUT2D eigenvalue weighted by molar-refractivity contribution is 9.10. The van der Waals surface area contributed by atoms with Crippen molar-refractivity contribution in [2.45, 2.75) is 19.9 Å². The molecule has 2 aromatic carbocycles. The van der Waals surface area contributed by atoms with Gasteiger partial charge in [0, 0.05) is 6.20 Å². The van der Waals surface area contributed by atoms with Crippen molar-refractivity contribution in [3.63, 3.8) is 0 Å². The second-order valence-corrected chi connectivity index (χ2v) is 9.85. The molecule has 0 aliphatic carbocycles. The largest absolute Gasteiger partial charge is 0.493 e. The fraction of sp³-hybridized carbons (Fsp3) is 0.296. The summed E-state index contributed by atoms with van der Waals surface area (Å²) in [6, 6.07) is 8.20. The Balaban J connectivity index is 1.91. The van der Waals surface area contributed by atoms with E-state index in [1.165, 1.54) is 29.2 Å². The number of nitrogens with zero attached hydrogens (tertiary/aromatic N) is 2. The number of esters is 1. The Labute approximate surface area is 231 Å². The molecule has 0 amide bonds. The zero-order valence-corrected chi connectivity index (χ0v) is 24.0. The molecule has 0 fully saturated rings. The number of fused-ring (bicyclic) bond motifs is 1. The number of benzene rings is 2. The number of carbonyl (C=O) groups excluding carboxylic acids is 1. The standard InChI is InChI=1S/C27H27BrN2O7S/c1-6-36-19-9-8-16(13-20(19)37-7-2)23-17(26(32)35-5)14-29-27-30(23)25(31)22(38-27)12-15-10-18(28)24(34-4)21(11-15)33-3/h8-14,23H,6-7H2,1-5H3/b22-12+/t23-/m0/s1. The van der Waals surface area contributed by atoms with Gasteiger partial charge < -0.3 is 23.7 Å². The van der Waals surface area contributed by atoms with Crippen LogP contribution in [0.2, 0.25) is 0 Å². The first-order valence-corrected chi connectivity index (χ1v) is 13.4. The van der Waals surface area contributed by atoms with Gasteiger partial charge in [-0.2, -0.15) is 0 Å². The predicted octanol–water partition coefficient (Wildman–Crippen LogP) is 3.60. The van der Waals surface area contributed by atoms with E-state index in [0.717, 1.165) is 5.56 Å². The summed E-state index contributed by atoms with van der Waals surface area (Å²) >= 11 is 4.71. The van der Waals surface area contributed by atoms with Crippen molar-refractivity contribution < 1.29 is 28.5 Å². The van der Waals surface area contributed by atoms with Crippen molar-refractivity contribution in [3.05, 3.63) is 77.4 Å². The molecule has 0 bridgehead atoms. The maximum atomic E-state index is 13.8. The second-order valence-electron chi connectivity index (χ2n) is 7.99. The normalized spacial score (nSPS) is 14.7. The molecule has 1 atom stereocenters. The Morgan fingerprint density at radius 2 is 1.79 bits per heavy atom. The van der Waals surface area contributed by atoms with Crippen LogP contribution >= 0.6 is 27.3 Å². The molecule has 1 aliphatic heterocycles. The quantitative estimate of drug-likeness (QED) is 0.345. The summed E-state index contributed by atoms with van der Waals surface area (Å²) in [7, 11) is 4.39. The predicted molar refractivity (Wildman–Crippen MR) is 147 cm³/mol. The first kappa shape index (κ1) is 27.5. The lowest BCUT2D eigenvalue weighted by molar-refractivity contribution is -0.136. The lowest BCUT2D eigenvalue weighted by Gasteiger charge is -2.23. The van der Waals surface area contributed by atoms with Gasteiger partial charge in [0.05, 0.1) is 55.2 Å². The number of halogens is 1. The molecule has 9 nitrogen and oxygen atoms in total. The molecule has 0 unspecified atom stereocenters. The highest BCUT2D eigenvalue weighted by Crippen LogP contribution is 2.37. The average molecular weight is 603 g/mol. The van der Waals surface area contributed by atoms with E-state index in [2.05, 4.69) is 20.9 Å². The van der Waals surface area contributed by atoms with Crippen LogP contribution in [0.5, 0.6) is 23.0 Å². The molecule has 1 aromatic heterocycles. The zero-order chi connectivity index (χ0) is 27.4. The third-order valence-corrected chi connectivity index (χ3v) is 7.35. The topological polar surface area (TPSA) is 97.6 Å². The van der Waals surface area contributed by atoms with Crippen molar-refractivity contribution in [2.75, 3.05) is 34.5 Å². The lowest BCUT2D eigenvalue weighted by atomic mass is 9.97. The van der Waals surface area contributed by atoms with E-state index < -0.39 is 12.0 Å². The lowest BCUT2D eigenvalue weighted by Crippen LogP contribution is -2.39. The van der Waals surface area contributed by atoms with Crippen LogP contribution < -0.4 is 33.8 Å². The number of hydrogen-bond acceptors (Lipinski definition) is 9. The Morgan fingerprint density at radius 3 is 2.45 bits per heavy atom. The summed E-state index contributed by atoms with van der Waals surface area (Å²) < 4.78 is 30.0. The molecular formula is C27H27BrN2O7S. The zero-order valence-electron chi connectivity index (χ0n) is 21.6. The van der Waals surface area contributed by atoms with Gasteiger partial charge in [-0.25, -0.2) is 9.79 Å². The molecule has 0 saturated carbocycles. The molecule has 200 valence electrons. The van der Waals surface area contributed by atoms with Gasteiger partial charge in [0.1, 0.15) is 0 Å². The van der Waals surface area contributed by atoms with Crippen molar-refractivity contribution >= 4 is 39.3 Å². The monoisotopic (exact) mass is 602 g/mol. The van der Waals surface area contributed by atoms with Gasteiger partial charge in [-0.15, -0.1) is 0 Å². The number of ether oxygens (including phenoxy) is 5. The molecule has 0 radical (unpaired) electrons. The van der Waals surface area contributed by atoms with Crippen LogP contribution in [0, 0.1) is 0 Å². The first-order valence-electron chi connectivity index (χ1n) is 11.8. The van der Waals surface area contributed by atoms with Crippen LogP contribution in [0.3, 0.4) is 0 Å². The van der Waals surface area contributed by atoms with Gasteiger partial charge >= 0.3 is 5.97 Å². The number of hydrogen-bond donors (Lipinski definition) is 0. The summed E-state index contributed by atoms with van der Waals surface area (Å²) in [4.78, 5) is 31.4.